The number of amides is 3. The minimum atomic E-state index is -1.96. The number of nitrogens with zero attached hydrogens (tertiary/aromatic N) is 5. The molecule has 3 amide bonds. The molecule has 1 aromatic rings. The lowest BCUT2D eigenvalue weighted by Crippen LogP contribution is -2.63. The van der Waals surface area contributed by atoms with Gasteiger partial charge in [-0.1, -0.05) is 29.3 Å². The zero-order valence-electron chi connectivity index (χ0n) is 35.0. The minimum Gasteiger partial charge on any atom is -0.481 e. The van der Waals surface area contributed by atoms with Gasteiger partial charge in [-0.3, -0.25) is 24.1 Å². The number of halogens is 1. The molecule has 64 heavy (non-hydrogen) atoms. The van der Waals surface area contributed by atoms with Crippen molar-refractivity contribution in [3.8, 4) is 0 Å². The van der Waals surface area contributed by atoms with Crippen molar-refractivity contribution in [3.05, 3.63) is 37.2 Å². The van der Waals surface area contributed by atoms with Crippen molar-refractivity contribution >= 4 is 29.7 Å². The smallest absolute Gasteiger partial charge is 0.335 e. The number of carboxylic acid groups (broad SMARTS) is 2. The summed E-state index contributed by atoms with van der Waals surface area (Å²) in [4.78, 5) is 69.5. The summed E-state index contributed by atoms with van der Waals surface area (Å²) in [5.41, 5.74) is 0.413. The molecular formula is C39H56FN5O19. The molecule has 4 aliphatic heterocycles. The number of ether oxygens (including phenoxy) is 6. The van der Waals surface area contributed by atoms with Crippen molar-refractivity contribution in [2.24, 2.45) is 17.8 Å². The molecule has 4 fully saturated rings. The Labute approximate surface area is 365 Å². The lowest BCUT2D eigenvalue weighted by Gasteiger charge is -2.45. The topological polar surface area (TPSA) is 318 Å². The van der Waals surface area contributed by atoms with Gasteiger partial charge in [-0.2, -0.15) is 0 Å². The summed E-state index contributed by atoms with van der Waals surface area (Å²) in [6, 6.07) is 0. The second kappa shape index (κ2) is 23.7. The first-order valence-corrected chi connectivity index (χ1v) is 20.8. The van der Waals surface area contributed by atoms with Crippen LogP contribution in [0.25, 0.3) is 0 Å². The molecule has 0 spiro atoms. The summed E-state index contributed by atoms with van der Waals surface area (Å²) in [7, 11) is 0. The maximum atomic E-state index is 14.8. The first kappa shape index (κ1) is 50.6. The molecule has 5 heterocycles. The number of aliphatic hydroxyl groups is 3. The molecule has 0 bridgehead atoms. The van der Waals surface area contributed by atoms with Gasteiger partial charge in [0.2, 0.25) is 17.7 Å². The first-order chi connectivity index (χ1) is 30.6. The van der Waals surface area contributed by atoms with E-state index in [0.717, 1.165) is 0 Å². The number of aliphatic carboxylic acids is 2. The third kappa shape index (κ3) is 12.3. The summed E-state index contributed by atoms with van der Waals surface area (Å²) >= 11 is 0. The first-order valence-electron chi connectivity index (χ1n) is 20.8. The largest absolute Gasteiger partial charge is 0.481 e. The number of alkyl halides is 1. The molecule has 5 rings (SSSR count). The SMILES string of the molecule is C=C[C@@H]1O[C@H](C=C)[C@@H]2C(=O)N(CCCCCN(Cc3cn(CCOCCO[C@@H]4OC(C(=O)O)[C@@H](O[C@H]5OC(COOO)[C@@H](O)[C@H](F)C5C)[C@H](O)C4O)nn3)C(=O)CCC(=O)O)C(=O)[C@@H]21. The fourth-order valence-electron chi connectivity index (χ4n) is 7.97. The Bertz CT molecular complexity index is 1740. The molecular weight excluding hydrogens is 861 g/mol. The second-order valence-corrected chi connectivity index (χ2v) is 15.7. The predicted molar refractivity (Wildman–Crippen MR) is 207 cm³/mol. The highest BCUT2D eigenvalue weighted by molar-refractivity contribution is 6.06. The van der Waals surface area contributed by atoms with E-state index < -0.39 is 110 Å². The van der Waals surface area contributed by atoms with Gasteiger partial charge in [-0.05, 0) is 19.3 Å². The Morgan fingerprint density at radius 1 is 0.906 bits per heavy atom. The molecule has 25 heteroatoms. The van der Waals surface area contributed by atoms with Gasteiger partial charge < -0.3 is 58.9 Å². The van der Waals surface area contributed by atoms with Crippen LogP contribution in [-0.2, 0) is 75.4 Å². The Hall–Kier alpha value is -4.38. The molecule has 0 radical (unpaired) electrons. The average molecular weight is 918 g/mol. The fraction of sp³-hybridized carbons (Fsp3) is 0.718. The van der Waals surface area contributed by atoms with Gasteiger partial charge in [0.15, 0.2) is 18.7 Å². The van der Waals surface area contributed by atoms with Crippen LogP contribution in [0.4, 0.5) is 4.39 Å². The number of carboxylic acids is 2. The van der Waals surface area contributed by atoms with Gasteiger partial charge in [-0.15, -0.1) is 18.3 Å². The maximum Gasteiger partial charge on any atom is 0.335 e. The number of carbonyl (C=O) groups excluding carboxylic acids is 3. The number of likely N-dealkylation sites (tertiary alicyclic amines) is 1. The normalized spacial score (nSPS) is 32.7. The van der Waals surface area contributed by atoms with Crippen LogP contribution in [0.15, 0.2) is 31.5 Å². The number of imide groups is 1. The van der Waals surface area contributed by atoms with Gasteiger partial charge in [-0.25, -0.2) is 24.0 Å². The maximum absolute atomic E-state index is 14.8. The second-order valence-electron chi connectivity index (χ2n) is 15.7. The van der Waals surface area contributed by atoms with E-state index in [4.69, 9.17) is 38.8 Å². The van der Waals surface area contributed by atoms with Crippen molar-refractivity contribution in [2.45, 2.75) is 120 Å². The van der Waals surface area contributed by atoms with Crippen LogP contribution in [0, 0.1) is 17.8 Å². The van der Waals surface area contributed by atoms with Crippen LogP contribution >= 0.6 is 0 Å². The van der Waals surface area contributed by atoms with Crippen LogP contribution in [0.1, 0.15) is 44.7 Å². The summed E-state index contributed by atoms with van der Waals surface area (Å²) in [6.07, 6.45) is -11.4. The number of aromatic nitrogens is 3. The standard InChI is InChI=1S/C39H56FN5O19/c1-4-22-27-28(23(5-2)60-22)36(53)45(35(27)52)12-8-6-7-11-43(25(46)9-10-26(47)48)17-21-18-44(42-41-21)13-14-57-15-16-58-39-32(51)31(50)33(34(63-39)37(54)55)62-38-20(3)29(40)30(49)24(61-38)19-59-64-56/h4-5,18,20,22-24,27-34,38-39,49-51,56H,1-2,6-17,19H2,3H3,(H,47,48)(H,54,55)/t20?,22-,23+,24?,27+,28-,29-,30-,31-,32?,33+,34?,38-,39-/m1/s1. The Balaban J connectivity index is 1.04. The van der Waals surface area contributed by atoms with Gasteiger partial charge in [0.25, 0.3) is 0 Å². The molecule has 24 nitrogen and oxygen atoms in total. The van der Waals surface area contributed by atoms with Crippen LogP contribution in [0.5, 0.6) is 0 Å². The monoisotopic (exact) mass is 917 g/mol. The number of carbonyl (C=O) groups is 5. The molecule has 1 aromatic heterocycles. The van der Waals surface area contributed by atoms with E-state index >= 15 is 0 Å². The Morgan fingerprint density at radius 3 is 2.25 bits per heavy atom. The highest BCUT2D eigenvalue weighted by Gasteiger charge is 2.58. The van der Waals surface area contributed by atoms with E-state index in [1.807, 2.05) is 0 Å². The third-order valence-electron chi connectivity index (χ3n) is 11.4. The highest BCUT2D eigenvalue weighted by Crippen LogP contribution is 2.41. The Kier molecular flexibility index (Phi) is 18.7. The summed E-state index contributed by atoms with van der Waals surface area (Å²) in [5, 5.41) is 70.7. The fourth-order valence-corrected chi connectivity index (χ4v) is 7.97. The quantitative estimate of drug-likeness (QED) is 0.0209. The molecule has 0 saturated carbocycles. The molecule has 0 aromatic carbocycles. The lowest BCUT2D eigenvalue weighted by atomic mass is 9.89. The molecule has 4 saturated heterocycles. The van der Waals surface area contributed by atoms with Gasteiger partial charge >= 0.3 is 11.9 Å². The van der Waals surface area contributed by atoms with Crippen molar-refractivity contribution in [1.82, 2.24) is 24.8 Å². The Morgan fingerprint density at radius 2 is 1.61 bits per heavy atom. The minimum absolute atomic E-state index is 0.0338. The molecule has 358 valence electrons. The van der Waals surface area contributed by atoms with Gasteiger partial charge in [0.1, 0.15) is 49.0 Å². The molecule has 14 atom stereocenters. The van der Waals surface area contributed by atoms with Crippen molar-refractivity contribution in [1.29, 1.82) is 0 Å². The number of rotatable bonds is 26. The molecule has 4 unspecified atom stereocenters. The van der Waals surface area contributed by atoms with Crippen LogP contribution in [-0.4, -0.2) is 192 Å². The summed E-state index contributed by atoms with van der Waals surface area (Å²) in [6.45, 7) is 8.55. The van der Waals surface area contributed by atoms with Crippen LogP contribution in [0.3, 0.4) is 0 Å². The molecule has 0 aliphatic carbocycles. The van der Waals surface area contributed by atoms with E-state index in [2.05, 4.69) is 33.4 Å². The van der Waals surface area contributed by atoms with Gasteiger partial charge in [0, 0.05) is 25.4 Å². The lowest BCUT2D eigenvalue weighted by molar-refractivity contribution is -0.498. The van der Waals surface area contributed by atoms with E-state index in [0.29, 0.717) is 25.0 Å². The number of hydrogen-bond acceptors (Lipinski definition) is 19. The zero-order chi connectivity index (χ0) is 46.7. The number of hydrogen-bond donors (Lipinski definition) is 6. The van der Waals surface area contributed by atoms with Gasteiger partial charge in [0.05, 0.1) is 69.6 Å². The van der Waals surface area contributed by atoms with E-state index in [1.165, 1.54) is 33.6 Å². The van der Waals surface area contributed by atoms with E-state index in [1.54, 1.807) is 6.20 Å². The van der Waals surface area contributed by atoms with E-state index in [9.17, 15) is 48.8 Å². The van der Waals surface area contributed by atoms with Crippen LogP contribution in [0.2, 0.25) is 0 Å². The third-order valence-corrected chi connectivity index (χ3v) is 11.4. The molecule has 6 N–H and O–H groups in total. The summed E-state index contributed by atoms with van der Waals surface area (Å²) < 4.78 is 49.5. The number of unbranched alkanes of at least 4 members (excludes halogenated alkanes) is 2. The van der Waals surface area contributed by atoms with Crippen molar-refractivity contribution < 1.29 is 97.5 Å². The highest BCUT2D eigenvalue weighted by atomic mass is 19.1. The summed E-state index contributed by atoms with van der Waals surface area (Å²) in [5.74, 6) is -6.23. The van der Waals surface area contributed by atoms with Crippen molar-refractivity contribution in [2.75, 3.05) is 39.5 Å². The van der Waals surface area contributed by atoms with Crippen molar-refractivity contribution in [3.63, 3.8) is 0 Å². The van der Waals surface area contributed by atoms with E-state index in [-0.39, 0.29) is 70.7 Å². The average Bonchev–Trinajstić information content (AvgIpc) is 3.96. The number of fused-ring (bicyclic) bond motifs is 1. The zero-order valence-corrected chi connectivity index (χ0v) is 35.0. The molecule has 4 aliphatic rings. The van der Waals surface area contributed by atoms with Crippen LogP contribution < -0.4 is 0 Å². The predicted octanol–water partition coefficient (Wildman–Crippen LogP) is -1.19. The number of aliphatic hydroxyl groups excluding tert-OH is 3.